The zero-order valence-corrected chi connectivity index (χ0v) is 13.2. The van der Waals surface area contributed by atoms with Gasteiger partial charge in [0, 0.05) is 12.1 Å². The Bertz CT molecular complexity index is 939. The maximum absolute atomic E-state index is 13.7. The molecule has 118 valence electrons. The Morgan fingerprint density at radius 1 is 1.22 bits per heavy atom. The van der Waals surface area contributed by atoms with Gasteiger partial charge in [-0.15, -0.1) is 0 Å². The molecule has 0 saturated carbocycles. The smallest absolute Gasteiger partial charge is 0.262 e. The van der Waals surface area contributed by atoms with E-state index < -0.39 is 23.2 Å². The molecule has 0 bridgehead atoms. The average molecular weight is 382 g/mol. The maximum atomic E-state index is 13.7. The number of hydrogen-bond donors (Lipinski definition) is 2. The number of nitrogens with one attached hydrogen (secondary N) is 1. The summed E-state index contributed by atoms with van der Waals surface area (Å²) in [4.78, 5) is 35.8. The fraction of sp³-hybridized carbons (Fsp3) is 0.0714. The van der Waals surface area contributed by atoms with Gasteiger partial charge >= 0.3 is 0 Å². The SMILES string of the molecule is COc1c(Br)cc(F)cc1-n1c(N)c2c(cc1=O)C(=O)NC2=O. The summed E-state index contributed by atoms with van der Waals surface area (Å²) in [6.07, 6.45) is 0. The van der Waals surface area contributed by atoms with Crippen molar-refractivity contribution in [3.63, 3.8) is 0 Å². The maximum Gasteiger partial charge on any atom is 0.262 e. The average Bonchev–Trinajstić information content (AvgIpc) is 2.73. The fourth-order valence-corrected chi connectivity index (χ4v) is 3.03. The molecule has 1 aromatic carbocycles. The Labute approximate surface area is 137 Å². The van der Waals surface area contributed by atoms with Crippen molar-refractivity contribution in [1.82, 2.24) is 9.88 Å². The molecule has 0 radical (unpaired) electrons. The third-order valence-corrected chi connectivity index (χ3v) is 3.98. The van der Waals surface area contributed by atoms with Crippen molar-refractivity contribution < 1.29 is 18.7 Å². The zero-order valence-electron chi connectivity index (χ0n) is 11.6. The van der Waals surface area contributed by atoms with Gasteiger partial charge in [-0.2, -0.15) is 0 Å². The summed E-state index contributed by atoms with van der Waals surface area (Å²) in [5.74, 6) is -2.17. The Hall–Kier alpha value is -2.68. The summed E-state index contributed by atoms with van der Waals surface area (Å²) in [5.41, 5.74) is 4.98. The van der Waals surface area contributed by atoms with E-state index in [2.05, 4.69) is 21.2 Å². The fourth-order valence-electron chi connectivity index (χ4n) is 2.44. The molecule has 23 heavy (non-hydrogen) atoms. The Balaban J connectivity index is 2.40. The van der Waals surface area contributed by atoms with Gasteiger partial charge in [0.25, 0.3) is 17.4 Å². The molecule has 2 heterocycles. The number of nitrogens with two attached hydrogens (primary N) is 1. The predicted molar refractivity (Wildman–Crippen MR) is 82.5 cm³/mol. The molecule has 3 N–H and O–H groups in total. The third kappa shape index (κ3) is 2.20. The standard InChI is InChI=1S/C14H9BrFN3O4/c1-23-11-7(15)2-5(16)3-8(11)19-9(20)4-6-10(12(19)17)14(22)18-13(6)21/h2-4H,17H2,1H3,(H,18,21,22). The minimum atomic E-state index is -0.717. The van der Waals surface area contributed by atoms with Crippen molar-refractivity contribution in [3.05, 3.63) is 50.0 Å². The van der Waals surface area contributed by atoms with E-state index in [1.165, 1.54) is 7.11 Å². The molecule has 7 nitrogen and oxygen atoms in total. The number of imide groups is 1. The minimum Gasteiger partial charge on any atom is -0.493 e. The molecule has 0 saturated heterocycles. The first kappa shape index (κ1) is 15.2. The number of ether oxygens (including phenoxy) is 1. The van der Waals surface area contributed by atoms with E-state index in [1.54, 1.807) is 0 Å². The summed E-state index contributed by atoms with van der Waals surface area (Å²) in [7, 11) is 1.34. The van der Waals surface area contributed by atoms with E-state index in [-0.39, 0.29) is 32.9 Å². The number of amides is 2. The quantitative estimate of drug-likeness (QED) is 0.761. The van der Waals surface area contributed by atoms with E-state index in [0.29, 0.717) is 0 Å². The minimum absolute atomic E-state index is 0.0109. The predicted octanol–water partition coefficient (Wildman–Crippen LogP) is 1.21. The number of nitrogens with zero attached hydrogens (tertiary/aromatic N) is 1. The van der Waals surface area contributed by atoms with Crippen molar-refractivity contribution in [2.45, 2.75) is 0 Å². The van der Waals surface area contributed by atoms with Crippen LogP contribution < -0.4 is 21.3 Å². The van der Waals surface area contributed by atoms with E-state index in [4.69, 9.17) is 10.5 Å². The summed E-state index contributed by atoms with van der Waals surface area (Å²) < 4.78 is 20.1. The first-order chi connectivity index (χ1) is 10.8. The molecule has 0 aliphatic carbocycles. The highest BCUT2D eigenvalue weighted by atomic mass is 79.9. The molecule has 9 heteroatoms. The van der Waals surface area contributed by atoms with Crippen LogP contribution in [-0.4, -0.2) is 23.5 Å². The summed E-state index contributed by atoms with van der Waals surface area (Å²) in [6, 6.07) is 3.18. The summed E-state index contributed by atoms with van der Waals surface area (Å²) in [6.45, 7) is 0. The molecule has 1 aliphatic heterocycles. The lowest BCUT2D eigenvalue weighted by molar-refractivity contribution is 0.0880. The second kappa shape index (κ2) is 5.20. The van der Waals surface area contributed by atoms with Crippen molar-refractivity contribution >= 4 is 33.6 Å². The number of carbonyl (C=O) groups excluding carboxylic acids is 2. The topological polar surface area (TPSA) is 103 Å². The lowest BCUT2D eigenvalue weighted by Gasteiger charge is -2.16. The molecule has 1 aromatic heterocycles. The number of carbonyl (C=O) groups is 2. The number of anilines is 1. The Morgan fingerprint density at radius 2 is 1.91 bits per heavy atom. The van der Waals surface area contributed by atoms with Crippen LogP contribution in [0, 0.1) is 5.82 Å². The van der Waals surface area contributed by atoms with Crippen LogP contribution in [0.3, 0.4) is 0 Å². The number of aromatic nitrogens is 1. The largest absolute Gasteiger partial charge is 0.493 e. The van der Waals surface area contributed by atoms with Gasteiger partial charge in [-0.25, -0.2) is 4.39 Å². The van der Waals surface area contributed by atoms with Gasteiger partial charge < -0.3 is 10.5 Å². The van der Waals surface area contributed by atoms with E-state index in [9.17, 15) is 18.8 Å². The van der Waals surface area contributed by atoms with Gasteiger partial charge in [-0.05, 0) is 22.0 Å². The van der Waals surface area contributed by atoms with Crippen LogP contribution in [-0.2, 0) is 0 Å². The van der Waals surface area contributed by atoms with Gasteiger partial charge in [0.1, 0.15) is 11.6 Å². The van der Waals surface area contributed by atoms with Crippen LogP contribution in [0.15, 0.2) is 27.5 Å². The Morgan fingerprint density at radius 3 is 2.57 bits per heavy atom. The van der Waals surface area contributed by atoms with E-state index >= 15 is 0 Å². The van der Waals surface area contributed by atoms with Gasteiger partial charge in [0.15, 0.2) is 5.75 Å². The van der Waals surface area contributed by atoms with Crippen LogP contribution in [0.4, 0.5) is 10.2 Å². The molecule has 2 aromatic rings. The highest BCUT2D eigenvalue weighted by Gasteiger charge is 2.32. The number of hydrogen-bond acceptors (Lipinski definition) is 5. The van der Waals surface area contributed by atoms with Crippen LogP contribution in [0.2, 0.25) is 0 Å². The van der Waals surface area contributed by atoms with Gasteiger partial charge in [-0.1, -0.05) is 0 Å². The van der Waals surface area contributed by atoms with Crippen LogP contribution in [0.1, 0.15) is 20.7 Å². The second-order valence-corrected chi connectivity index (χ2v) is 5.57. The van der Waals surface area contributed by atoms with E-state index in [1.807, 2.05) is 0 Å². The molecule has 0 unspecified atom stereocenters. The van der Waals surface area contributed by atoms with Gasteiger partial charge in [0.05, 0.1) is 28.4 Å². The first-order valence-electron chi connectivity index (χ1n) is 6.29. The number of benzene rings is 1. The number of fused-ring (bicyclic) bond motifs is 1. The number of halogens is 2. The number of pyridine rings is 1. The lowest BCUT2D eigenvalue weighted by Crippen LogP contribution is -2.24. The molecular weight excluding hydrogens is 373 g/mol. The second-order valence-electron chi connectivity index (χ2n) is 4.72. The molecule has 1 aliphatic rings. The summed E-state index contributed by atoms with van der Waals surface area (Å²) >= 11 is 3.13. The molecule has 0 spiro atoms. The molecule has 0 atom stereocenters. The summed E-state index contributed by atoms with van der Waals surface area (Å²) in [5, 5.41) is 2.06. The normalized spacial score (nSPS) is 13.0. The third-order valence-electron chi connectivity index (χ3n) is 3.39. The number of methoxy groups -OCH3 is 1. The number of rotatable bonds is 2. The van der Waals surface area contributed by atoms with Crippen LogP contribution in [0.5, 0.6) is 5.75 Å². The van der Waals surface area contributed by atoms with E-state index in [0.717, 1.165) is 22.8 Å². The van der Waals surface area contributed by atoms with Gasteiger partial charge in [-0.3, -0.25) is 24.3 Å². The number of nitrogen functional groups attached to an aromatic ring is 1. The van der Waals surface area contributed by atoms with Crippen molar-refractivity contribution in [2.24, 2.45) is 0 Å². The Kier molecular flexibility index (Phi) is 3.44. The van der Waals surface area contributed by atoms with Crippen molar-refractivity contribution in [2.75, 3.05) is 12.8 Å². The highest BCUT2D eigenvalue weighted by Crippen LogP contribution is 2.34. The van der Waals surface area contributed by atoms with Gasteiger partial charge in [0.2, 0.25) is 0 Å². The monoisotopic (exact) mass is 381 g/mol. The molecular formula is C14H9BrFN3O4. The highest BCUT2D eigenvalue weighted by molar-refractivity contribution is 9.10. The zero-order chi connectivity index (χ0) is 16.9. The lowest BCUT2D eigenvalue weighted by atomic mass is 10.1. The molecule has 0 fully saturated rings. The van der Waals surface area contributed by atoms with Crippen molar-refractivity contribution in [3.8, 4) is 11.4 Å². The van der Waals surface area contributed by atoms with Crippen LogP contribution in [0.25, 0.3) is 5.69 Å². The molecule has 3 rings (SSSR count). The van der Waals surface area contributed by atoms with Crippen molar-refractivity contribution in [1.29, 1.82) is 0 Å². The first-order valence-corrected chi connectivity index (χ1v) is 7.09. The molecule has 2 amide bonds. The van der Waals surface area contributed by atoms with Crippen LogP contribution >= 0.6 is 15.9 Å².